The van der Waals surface area contributed by atoms with E-state index < -0.39 is 0 Å². The van der Waals surface area contributed by atoms with Gasteiger partial charge in [-0.2, -0.15) is 0 Å². The first-order valence-corrected chi connectivity index (χ1v) is 4.02. The van der Waals surface area contributed by atoms with E-state index in [1.807, 2.05) is 12.2 Å². The van der Waals surface area contributed by atoms with Gasteiger partial charge in [0.25, 0.3) is 6.29 Å². The molecule has 0 fully saturated rings. The van der Waals surface area contributed by atoms with Crippen LogP contribution < -0.4 is 0 Å². The van der Waals surface area contributed by atoms with Gasteiger partial charge in [-0.25, -0.2) is 0 Å². The highest BCUT2D eigenvalue weighted by atomic mass is 16.7. The molecule has 1 rings (SSSR count). The smallest absolute Gasteiger partial charge is 0.259 e. The second-order valence-corrected chi connectivity index (χ2v) is 2.99. The summed E-state index contributed by atoms with van der Waals surface area (Å²) in [4.78, 5) is 0. The highest BCUT2D eigenvalue weighted by Crippen LogP contribution is 2.14. The van der Waals surface area contributed by atoms with Crippen LogP contribution in [0.25, 0.3) is 0 Å². The van der Waals surface area contributed by atoms with E-state index in [4.69, 9.17) is 14.6 Å². The predicted molar refractivity (Wildman–Crippen MR) is 45.1 cm³/mol. The molecule has 1 unspecified atom stereocenters. The van der Waals surface area contributed by atoms with E-state index in [-0.39, 0.29) is 12.9 Å². The first-order chi connectivity index (χ1) is 5.72. The fraction of sp³-hybridized carbons (Fsp3) is 0.556. The summed E-state index contributed by atoms with van der Waals surface area (Å²) in [6, 6.07) is 0. The zero-order chi connectivity index (χ0) is 8.97. The molecule has 12 heavy (non-hydrogen) atoms. The SMILES string of the molecule is CC(C)C=CC1OC=C(CO)O1. The van der Waals surface area contributed by atoms with Crippen molar-refractivity contribution in [1.29, 1.82) is 0 Å². The normalized spacial score (nSPS) is 22.7. The Kier molecular flexibility index (Phi) is 3.17. The van der Waals surface area contributed by atoms with Crippen LogP contribution in [-0.2, 0) is 9.47 Å². The Morgan fingerprint density at radius 2 is 2.42 bits per heavy atom. The molecule has 0 spiro atoms. The van der Waals surface area contributed by atoms with E-state index in [0.29, 0.717) is 11.7 Å². The van der Waals surface area contributed by atoms with Gasteiger partial charge in [-0.1, -0.05) is 19.9 Å². The van der Waals surface area contributed by atoms with E-state index in [1.165, 1.54) is 6.26 Å². The maximum Gasteiger partial charge on any atom is 0.259 e. The minimum absolute atomic E-state index is 0.105. The van der Waals surface area contributed by atoms with Gasteiger partial charge in [-0.3, -0.25) is 0 Å². The van der Waals surface area contributed by atoms with Gasteiger partial charge in [0.05, 0.1) is 0 Å². The average molecular weight is 170 g/mol. The third-order valence-electron chi connectivity index (χ3n) is 1.41. The maximum atomic E-state index is 8.66. The number of aliphatic hydroxyl groups is 1. The van der Waals surface area contributed by atoms with Crippen molar-refractivity contribution in [2.45, 2.75) is 20.1 Å². The molecule has 1 heterocycles. The lowest BCUT2D eigenvalue weighted by Crippen LogP contribution is -2.05. The van der Waals surface area contributed by atoms with Gasteiger partial charge in [0, 0.05) is 0 Å². The number of allylic oxidation sites excluding steroid dienone is 1. The Hall–Kier alpha value is -0.960. The molecule has 68 valence electrons. The third kappa shape index (κ3) is 2.58. The Bertz CT molecular complexity index is 194. The lowest BCUT2D eigenvalue weighted by atomic mass is 10.2. The molecule has 0 aromatic carbocycles. The fourth-order valence-corrected chi connectivity index (χ4v) is 0.820. The highest BCUT2D eigenvalue weighted by molar-refractivity contribution is 4.98. The van der Waals surface area contributed by atoms with Crippen LogP contribution in [-0.4, -0.2) is 18.0 Å². The molecule has 0 amide bonds. The zero-order valence-electron chi connectivity index (χ0n) is 7.36. The number of rotatable bonds is 3. The predicted octanol–water partition coefficient (Wildman–Crippen LogP) is 1.41. The molecule has 0 aliphatic carbocycles. The van der Waals surface area contributed by atoms with E-state index in [0.717, 1.165) is 0 Å². The molecule has 0 saturated heterocycles. The molecule has 1 atom stereocenters. The number of hydrogen-bond donors (Lipinski definition) is 1. The highest BCUT2D eigenvalue weighted by Gasteiger charge is 2.14. The quantitative estimate of drug-likeness (QED) is 0.651. The summed E-state index contributed by atoms with van der Waals surface area (Å²) in [6.07, 6.45) is 4.92. The molecule has 0 aromatic rings. The lowest BCUT2D eigenvalue weighted by Gasteiger charge is -2.06. The lowest BCUT2D eigenvalue weighted by molar-refractivity contribution is 0.00168. The molecule has 1 aliphatic heterocycles. The maximum absolute atomic E-state index is 8.66. The van der Waals surface area contributed by atoms with Crippen molar-refractivity contribution in [3.8, 4) is 0 Å². The van der Waals surface area contributed by atoms with E-state index in [9.17, 15) is 0 Å². The van der Waals surface area contributed by atoms with Crippen molar-refractivity contribution >= 4 is 0 Å². The molecule has 3 heteroatoms. The Morgan fingerprint density at radius 1 is 1.67 bits per heavy atom. The van der Waals surface area contributed by atoms with Gasteiger partial charge in [-0.15, -0.1) is 0 Å². The van der Waals surface area contributed by atoms with Crippen LogP contribution in [0.4, 0.5) is 0 Å². The first-order valence-electron chi connectivity index (χ1n) is 4.02. The van der Waals surface area contributed by atoms with Crippen molar-refractivity contribution < 1.29 is 14.6 Å². The largest absolute Gasteiger partial charge is 0.455 e. The van der Waals surface area contributed by atoms with E-state index in [2.05, 4.69) is 13.8 Å². The topological polar surface area (TPSA) is 38.7 Å². The number of hydrogen-bond acceptors (Lipinski definition) is 3. The summed E-state index contributed by atoms with van der Waals surface area (Å²) >= 11 is 0. The molecular weight excluding hydrogens is 156 g/mol. The van der Waals surface area contributed by atoms with Crippen LogP contribution >= 0.6 is 0 Å². The van der Waals surface area contributed by atoms with Crippen LogP contribution in [0.2, 0.25) is 0 Å². The van der Waals surface area contributed by atoms with Crippen molar-refractivity contribution in [3.05, 3.63) is 24.2 Å². The van der Waals surface area contributed by atoms with Gasteiger partial charge >= 0.3 is 0 Å². The van der Waals surface area contributed by atoms with Crippen molar-refractivity contribution in [2.24, 2.45) is 5.92 Å². The molecule has 0 bridgehead atoms. The zero-order valence-corrected chi connectivity index (χ0v) is 7.36. The minimum Gasteiger partial charge on any atom is -0.455 e. The summed E-state index contributed by atoms with van der Waals surface area (Å²) in [5, 5.41) is 8.66. The first kappa shape index (κ1) is 9.13. The third-order valence-corrected chi connectivity index (χ3v) is 1.41. The van der Waals surface area contributed by atoms with Gasteiger partial charge in [0.2, 0.25) is 0 Å². The summed E-state index contributed by atoms with van der Waals surface area (Å²) in [6.45, 7) is 4.05. The second-order valence-electron chi connectivity index (χ2n) is 2.99. The summed E-state index contributed by atoms with van der Waals surface area (Å²) in [7, 11) is 0. The second kappa shape index (κ2) is 4.16. The minimum atomic E-state index is -0.352. The van der Waals surface area contributed by atoms with Crippen molar-refractivity contribution in [1.82, 2.24) is 0 Å². The van der Waals surface area contributed by atoms with Gasteiger partial charge in [0.15, 0.2) is 5.76 Å². The Balaban J connectivity index is 2.32. The summed E-state index contributed by atoms with van der Waals surface area (Å²) < 4.78 is 10.2. The van der Waals surface area contributed by atoms with Crippen LogP contribution in [0.3, 0.4) is 0 Å². The van der Waals surface area contributed by atoms with Crippen molar-refractivity contribution in [2.75, 3.05) is 6.61 Å². The Morgan fingerprint density at radius 3 is 2.92 bits per heavy atom. The molecule has 0 aromatic heterocycles. The number of ether oxygens (including phenoxy) is 2. The van der Waals surface area contributed by atoms with Crippen LogP contribution in [0.1, 0.15) is 13.8 Å². The number of aliphatic hydroxyl groups excluding tert-OH is 1. The molecule has 0 radical (unpaired) electrons. The summed E-state index contributed by atoms with van der Waals surface area (Å²) in [5.74, 6) is 0.962. The van der Waals surface area contributed by atoms with Gasteiger partial charge < -0.3 is 14.6 Å². The molecule has 0 saturated carbocycles. The van der Waals surface area contributed by atoms with Gasteiger partial charge in [-0.05, 0) is 12.0 Å². The molecular formula is C9H14O3. The van der Waals surface area contributed by atoms with E-state index in [1.54, 1.807) is 0 Å². The fourth-order valence-electron chi connectivity index (χ4n) is 0.820. The molecule has 3 nitrogen and oxygen atoms in total. The van der Waals surface area contributed by atoms with Gasteiger partial charge in [0.1, 0.15) is 12.9 Å². The molecule has 1 N–H and O–H groups in total. The Labute approximate surface area is 72.3 Å². The molecule has 1 aliphatic rings. The van der Waals surface area contributed by atoms with Crippen LogP contribution in [0.15, 0.2) is 24.2 Å². The van der Waals surface area contributed by atoms with E-state index >= 15 is 0 Å². The standard InChI is InChI=1S/C9H14O3/c1-7(2)3-4-9-11-6-8(5-10)12-9/h3-4,6-7,9-10H,5H2,1-2H3. The average Bonchev–Trinajstić information content (AvgIpc) is 2.48. The monoisotopic (exact) mass is 170 g/mol. The van der Waals surface area contributed by atoms with Crippen LogP contribution in [0.5, 0.6) is 0 Å². The van der Waals surface area contributed by atoms with Crippen molar-refractivity contribution in [3.63, 3.8) is 0 Å². The summed E-state index contributed by atoms with van der Waals surface area (Å²) in [5.41, 5.74) is 0. The van der Waals surface area contributed by atoms with Crippen LogP contribution in [0, 0.1) is 5.92 Å².